The zero-order chi connectivity index (χ0) is 24.0. The smallest absolute Gasteiger partial charge is 0.324 e. The molecule has 0 aliphatic carbocycles. The second-order valence-electron chi connectivity index (χ2n) is 6.90. The Morgan fingerprint density at radius 3 is 2.55 bits per heavy atom. The molecule has 4 rings (SSSR count). The number of nitriles is 1. The molecule has 0 radical (unpaired) electrons. The molecule has 0 N–H and O–H groups in total. The first kappa shape index (κ1) is 22.3. The number of pyridine rings is 2. The molecule has 13 heteroatoms. The van der Waals surface area contributed by atoms with Crippen LogP contribution in [-0.4, -0.2) is 43.7 Å². The molecular formula is C20H14F3N7O2S. The number of halogens is 3. The number of hydrogen-bond acceptors (Lipinski definition) is 8. The van der Waals surface area contributed by atoms with E-state index in [4.69, 9.17) is 5.26 Å². The lowest BCUT2D eigenvalue weighted by atomic mass is 10.2. The maximum atomic E-state index is 13.1. The number of rotatable bonds is 4. The van der Waals surface area contributed by atoms with Crippen molar-refractivity contribution in [2.75, 3.05) is 5.75 Å². The van der Waals surface area contributed by atoms with Crippen molar-refractivity contribution in [3.63, 3.8) is 0 Å². The highest BCUT2D eigenvalue weighted by molar-refractivity contribution is 7.91. The Labute approximate surface area is 185 Å². The molecule has 0 saturated heterocycles. The zero-order valence-corrected chi connectivity index (χ0v) is 18.0. The molecule has 4 aromatic rings. The first-order chi connectivity index (χ1) is 15.5. The highest BCUT2D eigenvalue weighted by atomic mass is 32.2. The van der Waals surface area contributed by atoms with Crippen molar-refractivity contribution in [2.45, 2.75) is 18.0 Å². The minimum absolute atomic E-state index is 0.00462. The van der Waals surface area contributed by atoms with Crippen LogP contribution in [0.3, 0.4) is 0 Å². The van der Waals surface area contributed by atoms with Gasteiger partial charge in [-0.2, -0.15) is 18.4 Å². The van der Waals surface area contributed by atoms with E-state index in [2.05, 4.69) is 24.9 Å². The molecule has 0 amide bonds. The highest BCUT2D eigenvalue weighted by Gasteiger charge is 2.33. The quantitative estimate of drug-likeness (QED) is 0.442. The Balaban J connectivity index is 1.95. The summed E-state index contributed by atoms with van der Waals surface area (Å²) in [6.07, 6.45) is -0.907. The van der Waals surface area contributed by atoms with Crippen molar-refractivity contribution < 1.29 is 21.6 Å². The average Bonchev–Trinajstić information content (AvgIpc) is 3.14. The number of fused-ring (bicyclic) bond motifs is 1. The van der Waals surface area contributed by atoms with Crippen molar-refractivity contribution in [1.29, 1.82) is 5.26 Å². The van der Waals surface area contributed by atoms with Gasteiger partial charge in [0.25, 0.3) is 0 Å². The molecule has 0 bridgehead atoms. The minimum atomic E-state index is -4.65. The summed E-state index contributed by atoms with van der Waals surface area (Å²) in [4.78, 5) is 19.6. The van der Waals surface area contributed by atoms with Gasteiger partial charge < -0.3 is 4.57 Å². The number of aromatic nitrogens is 6. The third kappa shape index (κ3) is 4.00. The molecule has 0 unspecified atom stereocenters. The summed E-state index contributed by atoms with van der Waals surface area (Å²) >= 11 is 0. The monoisotopic (exact) mass is 473 g/mol. The first-order valence-electron chi connectivity index (χ1n) is 9.41. The van der Waals surface area contributed by atoms with Crippen LogP contribution in [0, 0.1) is 11.3 Å². The molecule has 0 atom stereocenters. The van der Waals surface area contributed by atoms with E-state index >= 15 is 0 Å². The third-order valence-corrected chi connectivity index (χ3v) is 6.63. The fourth-order valence-corrected chi connectivity index (χ4v) is 4.23. The highest BCUT2D eigenvalue weighted by Crippen LogP contribution is 2.33. The van der Waals surface area contributed by atoms with Crippen LogP contribution in [0.4, 0.5) is 13.2 Å². The van der Waals surface area contributed by atoms with Crippen molar-refractivity contribution in [1.82, 2.24) is 29.5 Å². The van der Waals surface area contributed by atoms with Gasteiger partial charge in [-0.3, -0.25) is 4.98 Å². The predicted molar refractivity (Wildman–Crippen MR) is 110 cm³/mol. The van der Waals surface area contributed by atoms with Gasteiger partial charge in [0, 0.05) is 25.0 Å². The van der Waals surface area contributed by atoms with Gasteiger partial charge in [0.1, 0.15) is 17.5 Å². The molecule has 168 valence electrons. The Morgan fingerprint density at radius 1 is 1.12 bits per heavy atom. The Morgan fingerprint density at radius 2 is 1.88 bits per heavy atom. The summed E-state index contributed by atoms with van der Waals surface area (Å²) in [5.74, 6) is -0.285. The number of sulfone groups is 1. The van der Waals surface area contributed by atoms with Crippen LogP contribution in [0.1, 0.15) is 18.4 Å². The molecule has 4 heterocycles. The van der Waals surface area contributed by atoms with Crippen LogP contribution in [0.2, 0.25) is 0 Å². The summed E-state index contributed by atoms with van der Waals surface area (Å²) in [6, 6.07) is 5.45. The molecule has 33 heavy (non-hydrogen) atoms. The number of nitrogens with zero attached hydrogens (tertiary/aromatic N) is 7. The second-order valence-corrected chi connectivity index (χ2v) is 9.15. The van der Waals surface area contributed by atoms with Gasteiger partial charge in [0.15, 0.2) is 15.7 Å². The van der Waals surface area contributed by atoms with E-state index in [1.165, 1.54) is 43.1 Å². The molecule has 0 aromatic carbocycles. The minimum Gasteiger partial charge on any atom is -0.324 e. The van der Waals surface area contributed by atoms with Crippen LogP contribution in [0.5, 0.6) is 0 Å². The zero-order valence-electron chi connectivity index (χ0n) is 17.2. The van der Waals surface area contributed by atoms with Crippen LogP contribution in [0.15, 0.2) is 41.7 Å². The molecule has 9 nitrogen and oxygen atoms in total. The van der Waals surface area contributed by atoms with Gasteiger partial charge in [0.2, 0.25) is 5.82 Å². The number of aryl methyl sites for hydroxylation is 1. The maximum absolute atomic E-state index is 13.1. The standard InChI is InChI=1S/C20H14F3N7O2S/c1-3-33(31,32)15-6-11(12-4-5-25-17(8-24)28-12)9-27-18(15)19-29-13-7-16(20(21,22)23)26-10-14(13)30(19)2/h4-7,9-10H,3H2,1-2H3. The van der Waals surface area contributed by atoms with Gasteiger partial charge in [-0.25, -0.2) is 28.4 Å². The normalized spacial score (nSPS) is 12.1. The lowest BCUT2D eigenvalue weighted by molar-refractivity contribution is -0.141. The van der Waals surface area contributed by atoms with E-state index in [-0.39, 0.29) is 44.7 Å². The topological polar surface area (TPSA) is 127 Å². The number of imidazole rings is 1. The van der Waals surface area contributed by atoms with Crippen LogP contribution < -0.4 is 0 Å². The van der Waals surface area contributed by atoms with Gasteiger partial charge in [-0.05, 0) is 18.2 Å². The fraction of sp³-hybridized carbons (Fsp3) is 0.200. The molecule has 0 saturated carbocycles. The SMILES string of the molecule is CCS(=O)(=O)c1cc(-c2ccnc(C#N)n2)cnc1-c1nc2cc(C(F)(F)F)ncc2n1C. The van der Waals surface area contributed by atoms with Crippen LogP contribution in [0.25, 0.3) is 33.8 Å². The molecule has 0 fully saturated rings. The summed E-state index contributed by atoms with van der Waals surface area (Å²) in [7, 11) is -2.30. The fourth-order valence-electron chi connectivity index (χ4n) is 3.17. The number of hydrogen-bond donors (Lipinski definition) is 0. The van der Waals surface area contributed by atoms with Crippen LogP contribution >= 0.6 is 0 Å². The van der Waals surface area contributed by atoms with E-state index in [0.29, 0.717) is 5.56 Å². The molecule has 0 aliphatic heterocycles. The second kappa shape index (κ2) is 7.89. The third-order valence-electron chi connectivity index (χ3n) is 4.89. The van der Waals surface area contributed by atoms with Gasteiger partial charge in [-0.15, -0.1) is 0 Å². The maximum Gasteiger partial charge on any atom is 0.433 e. The summed E-state index contributed by atoms with van der Waals surface area (Å²) in [5, 5.41) is 9.02. The summed E-state index contributed by atoms with van der Waals surface area (Å²) in [6.45, 7) is 1.46. The first-order valence-corrected chi connectivity index (χ1v) is 11.1. The van der Waals surface area contributed by atoms with E-state index in [9.17, 15) is 21.6 Å². The molecule has 0 aliphatic rings. The van der Waals surface area contributed by atoms with E-state index in [0.717, 1.165) is 12.3 Å². The van der Waals surface area contributed by atoms with E-state index in [1.54, 1.807) is 0 Å². The van der Waals surface area contributed by atoms with Gasteiger partial charge >= 0.3 is 6.18 Å². The van der Waals surface area contributed by atoms with Crippen LogP contribution in [-0.2, 0) is 23.1 Å². The van der Waals surface area contributed by atoms with E-state index in [1.807, 2.05) is 6.07 Å². The number of alkyl halides is 3. The van der Waals surface area contributed by atoms with Crippen molar-refractivity contribution in [3.05, 3.63) is 48.3 Å². The van der Waals surface area contributed by atoms with Crippen molar-refractivity contribution in [3.8, 4) is 28.8 Å². The van der Waals surface area contributed by atoms with Crippen molar-refractivity contribution in [2.24, 2.45) is 7.05 Å². The predicted octanol–water partition coefficient (Wildman–Crippen LogP) is 3.17. The summed E-state index contributed by atoms with van der Waals surface area (Å²) < 4.78 is 66.4. The largest absolute Gasteiger partial charge is 0.433 e. The Kier molecular flexibility index (Phi) is 5.33. The van der Waals surface area contributed by atoms with Gasteiger partial charge in [0.05, 0.1) is 33.6 Å². The molecule has 4 aromatic heterocycles. The Bertz CT molecular complexity index is 1540. The molecular weight excluding hydrogens is 459 g/mol. The molecule has 0 spiro atoms. The average molecular weight is 473 g/mol. The Hall–Kier alpha value is -3.92. The lowest BCUT2D eigenvalue weighted by Crippen LogP contribution is -2.09. The van der Waals surface area contributed by atoms with E-state index < -0.39 is 21.7 Å². The summed E-state index contributed by atoms with van der Waals surface area (Å²) in [5.41, 5.74) is -0.251. The van der Waals surface area contributed by atoms with Crippen molar-refractivity contribution >= 4 is 20.9 Å². The van der Waals surface area contributed by atoms with Gasteiger partial charge in [-0.1, -0.05) is 6.92 Å². The lowest BCUT2D eigenvalue weighted by Gasteiger charge is -2.11.